The number of nitrogens with zero attached hydrogens (tertiary/aromatic N) is 3. The molecule has 0 unspecified atom stereocenters. The SMILES string of the molecule is CCOc1ccc(CN2CCN(CC(=O)Nc3ccc(N4CCOCC4)cc3)CC2)cc1. The zero-order valence-corrected chi connectivity index (χ0v) is 19.0. The molecule has 0 spiro atoms. The molecule has 0 radical (unpaired) electrons. The minimum atomic E-state index is 0.0454. The molecule has 0 saturated carbocycles. The van der Waals surface area contributed by atoms with E-state index < -0.39 is 0 Å². The summed E-state index contributed by atoms with van der Waals surface area (Å²) in [5, 5.41) is 3.04. The minimum Gasteiger partial charge on any atom is -0.494 e. The van der Waals surface area contributed by atoms with Crippen molar-refractivity contribution in [2.24, 2.45) is 0 Å². The molecule has 2 aliphatic rings. The maximum Gasteiger partial charge on any atom is 0.238 e. The third kappa shape index (κ3) is 6.45. The van der Waals surface area contributed by atoms with Crippen LogP contribution in [0.5, 0.6) is 5.75 Å². The Bertz CT molecular complexity index is 842. The van der Waals surface area contributed by atoms with Crippen LogP contribution < -0.4 is 15.0 Å². The molecule has 2 saturated heterocycles. The molecular weight excluding hydrogens is 404 g/mol. The number of nitrogens with one attached hydrogen (secondary N) is 1. The molecule has 2 aliphatic heterocycles. The Morgan fingerprint density at radius 1 is 0.906 bits per heavy atom. The molecule has 1 N–H and O–H groups in total. The van der Waals surface area contributed by atoms with Crippen LogP contribution in [0.4, 0.5) is 11.4 Å². The van der Waals surface area contributed by atoms with Crippen LogP contribution in [0.15, 0.2) is 48.5 Å². The average molecular weight is 439 g/mol. The third-order valence-corrected chi connectivity index (χ3v) is 6.00. The van der Waals surface area contributed by atoms with E-state index in [4.69, 9.17) is 9.47 Å². The summed E-state index contributed by atoms with van der Waals surface area (Å²) in [6.45, 7) is 11.2. The fourth-order valence-electron chi connectivity index (χ4n) is 4.20. The van der Waals surface area contributed by atoms with Gasteiger partial charge in [0.2, 0.25) is 5.91 Å². The Morgan fingerprint density at radius 3 is 2.22 bits per heavy atom. The topological polar surface area (TPSA) is 57.3 Å². The van der Waals surface area contributed by atoms with Gasteiger partial charge in [-0.3, -0.25) is 14.6 Å². The Balaban J connectivity index is 1.18. The third-order valence-electron chi connectivity index (χ3n) is 6.00. The fraction of sp³-hybridized carbons (Fsp3) is 0.480. The van der Waals surface area contributed by atoms with Gasteiger partial charge >= 0.3 is 0 Å². The number of morpholine rings is 1. The normalized spacial score (nSPS) is 17.8. The molecule has 2 aromatic carbocycles. The first-order chi connectivity index (χ1) is 15.7. The monoisotopic (exact) mass is 438 g/mol. The van der Waals surface area contributed by atoms with E-state index in [1.807, 2.05) is 31.2 Å². The molecular formula is C25H34N4O3. The van der Waals surface area contributed by atoms with Crippen LogP contribution in [-0.4, -0.2) is 81.3 Å². The number of anilines is 2. The van der Waals surface area contributed by atoms with Crippen molar-refractivity contribution in [1.82, 2.24) is 9.80 Å². The molecule has 7 heteroatoms. The smallest absolute Gasteiger partial charge is 0.238 e. The molecule has 0 atom stereocenters. The summed E-state index contributed by atoms with van der Waals surface area (Å²) in [7, 11) is 0. The quantitative estimate of drug-likeness (QED) is 0.684. The molecule has 4 rings (SSSR count). The standard InChI is InChI=1S/C25H34N4O3/c1-2-32-24-9-3-21(4-10-24)19-27-11-13-28(14-12-27)20-25(30)26-22-5-7-23(8-6-22)29-15-17-31-18-16-29/h3-10H,2,11-20H2,1H3,(H,26,30). The van der Waals surface area contributed by atoms with Crippen LogP contribution in [0.1, 0.15) is 12.5 Å². The summed E-state index contributed by atoms with van der Waals surface area (Å²) in [6.07, 6.45) is 0. The number of amides is 1. The van der Waals surface area contributed by atoms with E-state index in [2.05, 4.69) is 44.3 Å². The Kier molecular flexibility index (Phi) is 7.98. The van der Waals surface area contributed by atoms with Gasteiger partial charge in [-0.15, -0.1) is 0 Å². The van der Waals surface area contributed by atoms with Crippen LogP contribution in [-0.2, 0) is 16.1 Å². The van der Waals surface area contributed by atoms with Crippen LogP contribution in [0.2, 0.25) is 0 Å². The van der Waals surface area contributed by atoms with Gasteiger partial charge in [-0.1, -0.05) is 12.1 Å². The molecule has 2 fully saturated rings. The van der Waals surface area contributed by atoms with Crippen molar-refractivity contribution in [1.29, 1.82) is 0 Å². The van der Waals surface area contributed by atoms with Gasteiger partial charge in [0.25, 0.3) is 0 Å². The highest BCUT2D eigenvalue weighted by Crippen LogP contribution is 2.19. The van der Waals surface area contributed by atoms with Gasteiger partial charge in [-0.2, -0.15) is 0 Å². The molecule has 0 aromatic heterocycles. The number of benzene rings is 2. The first kappa shape index (κ1) is 22.6. The summed E-state index contributed by atoms with van der Waals surface area (Å²) in [5.41, 5.74) is 3.32. The van der Waals surface area contributed by atoms with E-state index in [0.29, 0.717) is 13.2 Å². The lowest BCUT2D eigenvalue weighted by molar-refractivity contribution is -0.117. The highest BCUT2D eigenvalue weighted by Gasteiger charge is 2.19. The number of carbonyl (C=O) groups is 1. The van der Waals surface area contributed by atoms with Crippen LogP contribution in [0.3, 0.4) is 0 Å². The first-order valence-corrected chi connectivity index (χ1v) is 11.6. The van der Waals surface area contributed by atoms with E-state index in [-0.39, 0.29) is 5.91 Å². The number of rotatable bonds is 8. The van der Waals surface area contributed by atoms with Crippen molar-refractivity contribution in [3.8, 4) is 5.75 Å². The number of carbonyl (C=O) groups excluding carboxylic acids is 1. The summed E-state index contributed by atoms with van der Waals surface area (Å²) in [5.74, 6) is 0.965. The molecule has 0 bridgehead atoms. The zero-order chi connectivity index (χ0) is 22.2. The highest BCUT2D eigenvalue weighted by atomic mass is 16.5. The Labute approximate surface area is 190 Å². The predicted octanol–water partition coefficient (Wildman–Crippen LogP) is 2.68. The van der Waals surface area contributed by atoms with Crippen molar-refractivity contribution in [3.63, 3.8) is 0 Å². The lowest BCUT2D eigenvalue weighted by Crippen LogP contribution is -2.48. The second-order valence-electron chi connectivity index (χ2n) is 8.32. The van der Waals surface area contributed by atoms with Gasteiger partial charge in [0.1, 0.15) is 5.75 Å². The maximum atomic E-state index is 12.5. The summed E-state index contributed by atoms with van der Waals surface area (Å²) in [4.78, 5) is 19.5. The summed E-state index contributed by atoms with van der Waals surface area (Å²) in [6, 6.07) is 16.4. The number of ether oxygens (including phenoxy) is 2. The molecule has 172 valence electrons. The highest BCUT2D eigenvalue weighted by molar-refractivity contribution is 5.92. The molecule has 32 heavy (non-hydrogen) atoms. The molecule has 1 amide bonds. The van der Waals surface area contributed by atoms with Crippen molar-refractivity contribution in [2.75, 3.05) is 75.9 Å². The van der Waals surface area contributed by atoms with E-state index in [1.165, 1.54) is 11.3 Å². The number of piperazine rings is 1. The molecule has 0 aliphatic carbocycles. The molecule has 7 nitrogen and oxygen atoms in total. The lowest BCUT2D eigenvalue weighted by Gasteiger charge is -2.34. The lowest BCUT2D eigenvalue weighted by atomic mass is 10.2. The van der Waals surface area contributed by atoms with Gasteiger partial charge < -0.3 is 19.7 Å². The second kappa shape index (κ2) is 11.3. The Hall–Kier alpha value is -2.61. The van der Waals surface area contributed by atoms with E-state index in [0.717, 1.165) is 70.5 Å². The summed E-state index contributed by atoms with van der Waals surface area (Å²) < 4.78 is 10.9. The number of hydrogen-bond donors (Lipinski definition) is 1. The van der Waals surface area contributed by atoms with Gasteiger partial charge in [0.05, 0.1) is 26.4 Å². The molecule has 2 aromatic rings. The zero-order valence-electron chi connectivity index (χ0n) is 19.0. The van der Waals surface area contributed by atoms with Gasteiger partial charge in [-0.25, -0.2) is 0 Å². The minimum absolute atomic E-state index is 0.0454. The van der Waals surface area contributed by atoms with Crippen LogP contribution >= 0.6 is 0 Å². The van der Waals surface area contributed by atoms with Crippen molar-refractivity contribution >= 4 is 17.3 Å². The summed E-state index contributed by atoms with van der Waals surface area (Å²) >= 11 is 0. The van der Waals surface area contributed by atoms with E-state index in [1.54, 1.807) is 0 Å². The second-order valence-corrected chi connectivity index (χ2v) is 8.32. The predicted molar refractivity (Wildman–Crippen MR) is 127 cm³/mol. The van der Waals surface area contributed by atoms with Crippen molar-refractivity contribution in [3.05, 3.63) is 54.1 Å². The van der Waals surface area contributed by atoms with Gasteiger partial charge in [0, 0.05) is 57.2 Å². The maximum absolute atomic E-state index is 12.5. The Morgan fingerprint density at radius 2 is 1.56 bits per heavy atom. The van der Waals surface area contributed by atoms with Crippen molar-refractivity contribution in [2.45, 2.75) is 13.5 Å². The molecule has 2 heterocycles. The van der Waals surface area contributed by atoms with Crippen molar-refractivity contribution < 1.29 is 14.3 Å². The van der Waals surface area contributed by atoms with Crippen LogP contribution in [0, 0.1) is 0 Å². The van der Waals surface area contributed by atoms with E-state index >= 15 is 0 Å². The average Bonchev–Trinajstić information content (AvgIpc) is 2.83. The first-order valence-electron chi connectivity index (χ1n) is 11.6. The van der Waals surface area contributed by atoms with E-state index in [9.17, 15) is 4.79 Å². The van der Waals surface area contributed by atoms with Gasteiger partial charge in [0.15, 0.2) is 0 Å². The number of hydrogen-bond acceptors (Lipinski definition) is 6. The largest absolute Gasteiger partial charge is 0.494 e. The van der Waals surface area contributed by atoms with Gasteiger partial charge in [-0.05, 0) is 48.9 Å². The van der Waals surface area contributed by atoms with Crippen LogP contribution in [0.25, 0.3) is 0 Å². The fourth-order valence-corrected chi connectivity index (χ4v) is 4.20.